The van der Waals surface area contributed by atoms with E-state index < -0.39 is 16.1 Å². The molecule has 0 aliphatic carbocycles. The quantitative estimate of drug-likeness (QED) is 0.590. The van der Waals surface area contributed by atoms with Gasteiger partial charge in [0.1, 0.15) is 0 Å². The lowest BCUT2D eigenvalue weighted by molar-refractivity contribution is -0.122. The summed E-state index contributed by atoms with van der Waals surface area (Å²) in [5.41, 5.74) is 3.12. The molecule has 10 heteroatoms. The number of nitrogens with one attached hydrogen (secondary N) is 2. The molecule has 34 heavy (non-hydrogen) atoms. The average molecular weight is 489 g/mol. The van der Waals surface area contributed by atoms with Gasteiger partial charge in [-0.15, -0.1) is 0 Å². The number of sulfonamides is 1. The highest BCUT2D eigenvalue weighted by atomic mass is 32.2. The Kier molecular flexibility index (Phi) is 8.42. The van der Waals surface area contributed by atoms with Crippen LogP contribution in [0.2, 0.25) is 0 Å². The number of hydrogen-bond donors (Lipinski definition) is 2. The maximum atomic E-state index is 12.9. The average Bonchev–Trinajstić information content (AvgIpc) is 2.81. The fourth-order valence-corrected chi connectivity index (χ4v) is 5.00. The van der Waals surface area contributed by atoms with Crippen LogP contribution in [0.5, 0.6) is 0 Å². The van der Waals surface area contributed by atoms with Crippen molar-refractivity contribution < 1.29 is 22.7 Å². The standard InChI is InChI=1S/C24H32N4O5S/c1-17-8-9-18(2)22(14-17)26-23(29)16-27(4)19(3)24(30)25-20-6-5-7-21(15-20)34(31,32)28-10-12-33-13-11-28/h5-9,14-15,19H,10-13,16H2,1-4H3,(H,25,30)(H,26,29)/t19-/m0/s1. The first-order chi connectivity index (χ1) is 16.1. The van der Waals surface area contributed by atoms with E-state index in [9.17, 15) is 18.0 Å². The molecule has 0 aromatic heterocycles. The van der Waals surface area contributed by atoms with E-state index in [1.807, 2.05) is 32.0 Å². The molecule has 1 saturated heterocycles. The van der Waals surface area contributed by atoms with E-state index in [1.165, 1.54) is 16.4 Å². The number of amides is 2. The minimum absolute atomic E-state index is 0.0212. The first kappa shape index (κ1) is 25.8. The first-order valence-electron chi connectivity index (χ1n) is 11.1. The van der Waals surface area contributed by atoms with Gasteiger partial charge in [-0.1, -0.05) is 18.2 Å². The maximum Gasteiger partial charge on any atom is 0.243 e. The fourth-order valence-electron chi connectivity index (χ4n) is 3.54. The van der Waals surface area contributed by atoms with Crippen molar-refractivity contribution in [2.45, 2.75) is 31.7 Å². The number of rotatable bonds is 8. The number of carbonyl (C=O) groups excluding carboxylic acids is 2. The Labute approximate surface area is 201 Å². The van der Waals surface area contributed by atoms with E-state index in [2.05, 4.69) is 10.6 Å². The van der Waals surface area contributed by atoms with Crippen molar-refractivity contribution in [2.75, 3.05) is 50.5 Å². The number of likely N-dealkylation sites (N-methyl/N-ethyl adjacent to an activating group) is 1. The molecule has 1 atom stereocenters. The van der Waals surface area contributed by atoms with E-state index in [1.54, 1.807) is 31.0 Å². The number of carbonyl (C=O) groups is 2. The molecule has 1 aliphatic rings. The highest BCUT2D eigenvalue weighted by Gasteiger charge is 2.27. The second-order valence-corrected chi connectivity index (χ2v) is 10.4. The van der Waals surface area contributed by atoms with E-state index in [4.69, 9.17) is 4.74 Å². The molecule has 1 fully saturated rings. The number of benzene rings is 2. The van der Waals surface area contributed by atoms with Crippen LogP contribution in [0.15, 0.2) is 47.4 Å². The van der Waals surface area contributed by atoms with Gasteiger partial charge in [0, 0.05) is 24.5 Å². The molecule has 1 aliphatic heterocycles. The number of ether oxygens (including phenoxy) is 1. The Morgan fingerprint density at radius 1 is 1.09 bits per heavy atom. The molecule has 0 radical (unpaired) electrons. The maximum absolute atomic E-state index is 12.9. The molecule has 0 bridgehead atoms. The Morgan fingerprint density at radius 3 is 2.50 bits per heavy atom. The van der Waals surface area contributed by atoms with Gasteiger partial charge in [-0.3, -0.25) is 14.5 Å². The van der Waals surface area contributed by atoms with Gasteiger partial charge < -0.3 is 15.4 Å². The Bertz CT molecular complexity index is 1150. The molecule has 1 heterocycles. The van der Waals surface area contributed by atoms with Crippen LogP contribution >= 0.6 is 0 Å². The van der Waals surface area contributed by atoms with Gasteiger partial charge in [-0.25, -0.2) is 8.42 Å². The van der Waals surface area contributed by atoms with Gasteiger partial charge in [-0.2, -0.15) is 4.31 Å². The molecule has 0 spiro atoms. The van der Waals surface area contributed by atoms with Gasteiger partial charge in [0.25, 0.3) is 0 Å². The summed E-state index contributed by atoms with van der Waals surface area (Å²) >= 11 is 0. The Balaban J connectivity index is 1.61. The van der Waals surface area contributed by atoms with Crippen LogP contribution in [-0.4, -0.2) is 75.4 Å². The predicted molar refractivity (Wildman–Crippen MR) is 131 cm³/mol. The summed E-state index contributed by atoms with van der Waals surface area (Å²) in [6.45, 7) is 6.89. The molecule has 9 nitrogen and oxygen atoms in total. The summed E-state index contributed by atoms with van der Waals surface area (Å²) in [5.74, 6) is -0.572. The van der Waals surface area contributed by atoms with Crippen molar-refractivity contribution >= 4 is 33.2 Å². The summed E-state index contributed by atoms with van der Waals surface area (Å²) in [6, 6.07) is 11.4. The van der Waals surface area contributed by atoms with Gasteiger partial charge in [0.2, 0.25) is 21.8 Å². The third-order valence-electron chi connectivity index (χ3n) is 5.81. The van der Waals surface area contributed by atoms with E-state index >= 15 is 0 Å². The zero-order valence-electron chi connectivity index (χ0n) is 20.0. The molecule has 0 saturated carbocycles. The molecular formula is C24H32N4O5S. The zero-order chi connectivity index (χ0) is 24.9. The lowest BCUT2D eigenvalue weighted by atomic mass is 10.1. The van der Waals surface area contributed by atoms with Crippen LogP contribution in [0.3, 0.4) is 0 Å². The second kappa shape index (κ2) is 11.1. The number of aryl methyl sites for hydroxylation is 2. The molecule has 2 N–H and O–H groups in total. The van der Waals surface area contributed by atoms with Crippen molar-refractivity contribution in [3.8, 4) is 0 Å². The predicted octanol–water partition coefficient (Wildman–Crippen LogP) is 2.22. The lowest BCUT2D eigenvalue weighted by Crippen LogP contribution is -2.43. The van der Waals surface area contributed by atoms with Crippen molar-refractivity contribution in [3.05, 3.63) is 53.6 Å². The van der Waals surface area contributed by atoms with Gasteiger partial charge in [0.05, 0.1) is 30.7 Å². The number of nitrogens with zero attached hydrogens (tertiary/aromatic N) is 2. The number of anilines is 2. The molecule has 0 unspecified atom stereocenters. The van der Waals surface area contributed by atoms with Crippen molar-refractivity contribution in [2.24, 2.45) is 0 Å². The van der Waals surface area contributed by atoms with Gasteiger partial charge >= 0.3 is 0 Å². The van der Waals surface area contributed by atoms with Crippen LogP contribution in [0, 0.1) is 13.8 Å². The molecule has 184 valence electrons. The third kappa shape index (κ3) is 6.41. The van der Waals surface area contributed by atoms with E-state index in [-0.39, 0.29) is 23.3 Å². The van der Waals surface area contributed by atoms with Crippen LogP contribution in [0.1, 0.15) is 18.1 Å². The summed E-state index contributed by atoms with van der Waals surface area (Å²) in [5, 5.41) is 5.65. The Hall–Kier alpha value is -2.79. The SMILES string of the molecule is Cc1ccc(C)c(NC(=O)CN(C)[C@@H](C)C(=O)Nc2cccc(S(=O)(=O)N3CCOCC3)c2)c1. The molecule has 3 rings (SSSR count). The number of morpholine rings is 1. The minimum atomic E-state index is -3.67. The second-order valence-electron chi connectivity index (χ2n) is 8.49. The van der Waals surface area contributed by atoms with Gasteiger partial charge in [0.15, 0.2) is 0 Å². The summed E-state index contributed by atoms with van der Waals surface area (Å²) in [4.78, 5) is 27.0. The fraction of sp³-hybridized carbons (Fsp3) is 0.417. The molecule has 2 amide bonds. The van der Waals surface area contributed by atoms with Crippen LogP contribution in [0.4, 0.5) is 11.4 Å². The van der Waals surface area contributed by atoms with Crippen LogP contribution in [-0.2, 0) is 24.3 Å². The zero-order valence-corrected chi connectivity index (χ0v) is 20.8. The van der Waals surface area contributed by atoms with Crippen LogP contribution in [0.25, 0.3) is 0 Å². The van der Waals surface area contributed by atoms with E-state index in [0.29, 0.717) is 32.0 Å². The highest BCUT2D eigenvalue weighted by molar-refractivity contribution is 7.89. The third-order valence-corrected chi connectivity index (χ3v) is 7.70. The topological polar surface area (TPSA) is 108 Å². The van der Waals surface area contributed by atoms with Crippen molar-refractivity contribution in [1.82, 2.24) is 9.21 Å². The van der Waals surface area contributed by atoms with E-state index in [0.717, 1.165) is 16.8 Å². The van der Waals surface area contributed by atoms with Crippen LogP contribution < -0.4 is 10.6 Å². The lowest BCUT2D eigenvalue weighted by Gasteiger charge is -2.26. The minimum Gasteiger partial charge on any atom is -0.379 e. The molecular weight excluding hydrogens is 456 g/mol. The largest absolute Gasteiger partial charge is 0.379 e. The van der Waals surface area contributed by atoms with Gasteiger partial charge in [-0.05, 0) is 63.2 Å². The monoisotopic (exact) mass is 488 g/mol. The molecule has 2 aromatic carbocycles. The normalized spacial score (nSPS) is 15.7. The molecule has 2 aromatic rings. The Morgan fingerprint density at radius 2 is 1.79 bits per heavy atom. The summed E-state index contributed by atoms with van der Waals surface area (Å²) in [7, 11) is -1.98. The summed E-state index contributed by atoms with van der Waals surface area (Å²) < 4.78 is 32.4. The summed E-state index contributed by atoms with van der Waals surface area (Å²) in [6.07, 6.45) is 0. The smallest absolute Gasteiger partial charge is 0.243 e. The highest BCUT2D eigenvalue weighted by Crippen LogP contribution is 2.21. The number of hydrogen-bond acceptors (Lipinski definition) is 6. The van der Waals surface area contributed by atoms with Crippen molar-refractivity contribution in [3.63, 3.8) is 0 Å². The van der Waals surface area contributed by atoms with Crippen molar-refractivity contribution in [1.29, 1.82) is 0 Å². The first-order valence-corrected chi connectivity index (χ1v) is 12.6.